The molecule has 1 atom stereocenters. The first-order chi connectivity index (χ1) is 9.26. The first-order valence-corrected chi connectivity index (χ1v) is 7.36. The van der Waals surface area contributed by atoms with Gasteiger partial charge in [0.1, 0.15) is 5.75 Å². The van der Waals surface area contributed by atoms with Gasteiger partial charge in [-0.25, -0.2) is 0 Å². The van der Waals surface area contributed by atoms with Gasteiger partial charge in [-0.1, -0.05) is 36.4 Å². The zero-order valence-corrected chi connectivity index (χ0v) is 11.7. The van der Waals surface area contributed by atoms with Gasteiger partial charge in [0.25, 0.3) is 0 Å². The smallest absolute Gasteiger partial charge is 0.134 e. The maximum atomic E-state index is 12.5. The summed E-state index contributed by atoms with van der Waals surface area (Å²) in [4.78, 5) is 0.719. The molecule has 2 aromatic carbocycles. The van der Waals surface area contributed by atoms with E-state index in [1.807, 2.05) is 48.5 Å². The standard InChI is InChI=1S/C15H17NO2S/c1-18-14-8-4-5-9-15(14)19(17)11-13-7-3-2-6-12(13)10-16/h2-9H,10-11,16H2,1H3. The van der Waals surface area contributed by atoms with Crippen molar-refractivity contribution in [1.29, 1.82) is 0 Å². The first-order valence-electron chi connectivity index (χ1n) is 6.04. The molecule has 2 rings (SSSR count). The monoisotopic (exact) mass is 275 g/mol. The molecular weight excluding hydrogens is 258 g/mol. The Labute approximate surface area is 115 Å². The van der Waals surface area contributed by atoms with Crippen molar-refractivity contribution in [2.75, 3.05) is 7.11 Å². The number of rotatable bonds is 5. The predicted molar refractivity (Wildman–Crippen MR) is 77.4 cm³/mol. The molecule has 0 amide bonds. The summed E-state index contributed by atoms with van der Waals surface area (Å²) in [5.74, 6) is 1.11. The number of benzene rings is 2. The van der Waals surface area contributed by atoms with Crippen LogP contribution in [0.4, 0.5) is 0 Å². The lowest BCUT2D eigenvalue weighted by Gasteiger charge is -2.10. The fraction of sp³-hybridized carbons (Fsp3) is 0.200. The van der Waals surface area contributed by atoms with Gasteiger partial charge in [0.15, 0.2) is 0 Å². The van der Waals surface area contributed by atoms with Gasteiger partial charge in [-0.15, -0.1) is 0 Å². The van der Waals surface area contributed by atoms with Crippen molar-refractivity contribution in [2.24, 2.45) is 5.73 Å². The summed E-state index contributed by atoms with van der Waals surface area (Å²) >= 11 is 0. The van der Waals surface area contributed by atoms with Crippen molar-refractivity contribution in [3.05, 3.63) is 59.7 Å². The molecule has 2 aromatic rings. The molecule has 0 aliphatic rings. The Morgan fingerprint density at radius 3 is 2.37 bits per heavy atom. The van der Waals surface area contributed by atoms with E-state index in [-0.39, 0.29) is 0 Å². The van der Waals surface area contributed by atoms with Crippen molar-refractivity contribution in [3.8, 4) is 5.75 Å². The minimum atomic E-state index is -1.14. The Hall–Kier alpha value is -1.65. The number of para-hydroxylation sites is 1. The van der Waals surface area contributed by atoms with Gasteiger partial charge in [0.2, 0.25) is 0 Å². The molecule has 0 aliphatic heterocycles. The van der Waals surface area contributed by atoms with Crippen molar-refractivity contribution in [2.45, 2.75) is 17.2 Å². The predicted octanol–water partition coefficient (Wildman–Crippen LogP) is 2.46. The molecule has 2 N–H and O–H groups in total. The second-order valence-corrected chi connectivity index (χ2v) is 5.53. The zero-order chi connectivity index (χ0) is 13.7. The summed E-state index contributed by atoms with van der Waals surface area (Å²) in [5, 5.41) is 0. The highest BCUT2D eigenvalue weighted by Gasteiger charge is 2.12. The van der Waals surface area contributed by atoms with E-state index in [0.717, 1.165) is 16.0 Å². The molecule has 0 radical (unpaired) electrons. The SMILES string of the molecule is COc1ccccc1S(=O)Cc1ccccc1CN. The Balaban J connectivity index is 2.26. The van der Waals surface area contributed by atoms with E-state index in [9.17, 15) is 4.21 Å². The largest absolute Gasteiger partial charge is 0.495 e. The Morgan fingerprint density at radius 2 is 1.68 bits per heavy atom. The Bertz CT molecular complexity index is 584. The van der Waals surface area contributed by atoms with E-state index in [1.54, 1.807) is 7.11 Å². The highest BCUT2D eigenvalue weighted by Crippen LogP contribution is 2.24. The summed E-state index contributed by atoms with van der Waals surface area (Å²) in [6.07, 6.45) is 0. The molecule has 1 unspecified atom stereocenters. The van der Waals surface area contributed by atoms with Crippen LogP contribution in [0, 0.1) is 0 Å². The summed E-state index contributed by atoms with van der Waals surface area (Å²) in [5.41, 5.74) is 7.75. The van der Waals surface area contributed by atoms with Gasteiger partial charge < -0.3 is 10.5 Å². The summed E-state index contributed by atoms with van der Waals surface area (Å²) in [6.45, 7) is 0.458. The normalized spacial score (nSPS) is 12.1. The van der Waals surface area contributed by atoms with Gasteiger partial charge in [0, 0.05) is 6.54 Å². The molecule has 0 bridgehead atoms. The van der Waals surface area contributed by atoms with Crippen LogP contribution in [0.1, 0.15) is 11.1 Å². The number of methoxy groups -OCH3 is 1. The average Bonchev–Trinajstić information content (AvgIpc) is 2.47. The maximum absolute atomic E-state index is 12.5. The van der Waals surface area contributed by atoms with E-state index in [2.05, 4.69) is 0 Å². The van der Waals surface area contributed by atoms with Crippen LogP contribution < -0.4 is 10.5 Å². The molecular formula is C15H17NO2S. The van der Waals surface area contributed by atoms with E-state index in [1.165, 1.54) is 0 Å². The van der Waals surface area contributed by atoms with Crippen LogP contribution in [0.5, 0.6) is 5.75 Å². The highest BCUT2D eigenvalue weighted by molar-refractivity contribution is 7.84. The topological polar surface area (TPSA) is 52.3 Å². The van der Waals surface area contributed by atoms with Gasteiger partial charge in [-0.3, -0.25) is 4.21 Å². The van der Waals surface area contributed by atoms with Crippen LogP contribution in [-0.2, 0) is 23.1 Å². The van der Waals surface area contributed by atoms with Gasteiger partial charge in [-0.05, 0) is 23.3 Å². The van der Waals surface area contributed by atoms with Crippen molar-refractivity contribution < 1.29 is 8.95 Å². The van der Waals surface area contributed by atoms with Crippen molar-refractivity contribution in [3.63, 3.8) is 0 Å². The molecule has 0 saturated heterocycles. The third-order valence-corrected chi connectivity index (χ3v) is 4.34. The summed E-state index contributed by atoms with van der Waals surface area (Å²) in [6, 6.07) is 15.2. The van der Waals surface area contributed by atoms with Crippen LogP contribution in [0.15, 0.2) is 53.4 Å². The fourth-order valence-corrected chi connectivity index (χ4v) is 3.25. The van der Waals surface area contributed by atoms with E-state index in [0.29, 0.717) is 18.0 Å². The van der Waals surface area contributed by atoms with Crippen LogP contribution in [-0.4, -0.2) is 11.3 Å². The quantitative estimate of drug-likeness (QED) is 0.912. The van der Waals surface area contributed by atoms with Crippen molar-refractivity contribution in [1.82, 2.24) is 0 Å². The molecule has 0 aromatic heterocycles. The van der Waals surface area contributed by atoms with Gasteiger partial charge >= 0.3 is 0 Å². The van der Waals surface area contributed by atoms with Crippen LogP contribution >= 0.6 is 0 Å². The number of hydrogen-bond acceptors (Lipinski definition) is 3. The van der Waals surface area contributed by atoms with E-state index < -0.39 is 10.8 Å². The van der Waals surface area contributed by atoms with Crippen LogP contribution in [0.3, 0.4) is 0 Å². The second-order valence-electron chi connectivity index (χ2n) is 4.11. The molecule has 19 heavy (non-hydrogen) atoms. The fourth-order valence-electron chi connectivity index (χ4n) is 1.92. The molecule has 100 valence electrons. The van der Waals surface area contributed by atoms with Gasteiger partial charge in [-0.2, -0.15) is 0 Å². The molecule has 0 aliphatic carbocycles. The van der Waals surface area contributed by atoms with Crippen molar-refractivity contribution >= 4 is 10.8 Å². The third kappa shape index (κ3) is 3.22. The average molecular weight is 275 g/mol. The minimum absolute atomic E-state index is 0.452. The van der Waals surface area contributed by atoms with Gasteiger partial charge in [0.05, 0.1) is 28.6 Å². The maximum Gasteiger partial charge on any atom is 0.134 e. The second kappa shape index (κ2) is 6.50. The molecule has 0 fully saturated rings. The minimum Gasteiger partial charge on any atom is -0.495 e. The first kappa shape index (κ1) is 13.8. The highest BCUT2D eigenvalue weighted by atomic mass is 32.2. The molecule has 0 saturated carbocycles. The lowest BCUT2D eigenvalue weighted by molar-refractivity contribution is 0.404. The zero-order valence-electron chi connectivity index (χ0n) is 10.8. The number of hydrogen-bond donors (Lipinski definition) is 1. The van der Waals surface area contributed by atoms with Crippen LogP contribution in [0.2, 0.25) is 0 Å². The lowest BCUT2D eigenvalue weighted by Crippen LogP contribution is -2.05. The number of nitrogens with two attached hydrogens (primary N) is 1. The summed E-state index contributed by atoms with van der Waals surface area (Å²) < 4.78 is 17.7. The lowest BCUT2D eigenvalue weighted by atomic mass is 10.1. The Kier molecular flexibility index (Phi) is 4.71. The van der Waals surface area contributed by atoms with Crippen LogP contribution in [0.25, 0.3) is 0 Å². The Morgan fingerprint density at radius 1 is 1.05 bits per heavy atom. The molecule has 3 nitrogen and oxygen atoms in total. The molecule has 4 heteroatoms. The van der Waals surface area contributed by atoms with E-state index >= 15 is 0 Å². The summed E-state index contributed by atoms with van der Waals surface area (Å²) in [7, 11) is 0.449. The van der Waals surface area contributed by atoms with E-state index in [4.69, 9.17) is 10.5 Å². The number of ether oxygens (including phenoxy) is 1. The third-order valence-electron chi connectivity index (χ3n) is 2.94. The molecule has 0 spiro atoms. The molecule has 0 heterocycles.